The summed E-state index contributed by atoms with van der Waals surface area (Å²) < 4.78 is 10.6. The molecule has 4 heteroatoms. The maximum atomic E-state index is 5.33. The third-order valence-electron chi connectivity index (χ3n) is 3.32. The van der Waals surface area contributed by atoms with Crippen LogP contribution in [0.15, 0.2) is 12.1 Å². The Kier molecular flexibility index (Phi) is 3.43. The van der Waals surface area contributed by atoms with Crippen LogP contribution in [0.25, 0.3) is 0 Å². The van der Waals surface area contributed by atoms with E-state index < -0.39 is 0 Å². The Morgan fingerprint density at radius 1 is 1.18 bits per heavy atom. The molecule has 0 radical (unpaired) electrons. The van der Waals surface area contributed by atoms with Gasteiger partial charge in [-0.25, -0.2) is 0 Å². The van der Waals surface area contributed by atoms with Crippen molar-refractivity contribution in [3.05, 3.63) is 17.7 Å². The molecule has 1 atom stereocenters. The number of nitrogens with one attached hydrogen (secondary N) is 1. The highest BCUT2D eigenvalue weighted by atomic mass is 16.5. The highest BCUT2D eigenvalue weighted by molar-refractivity contribution is 5.62. The SMILES string of the molecule is COc1cc2c(cc1OC)NC[C@H](N(C)C)C2. The number of rotatable bonds is 3. The molecule has 0 aliphatic carbocycles. The zero-order valence-electron chi connectivity index (χ0n) is 10.9. The molecule has 1 aromatic rings. The Bertz CT molecular complexity index is 405. The molecule has 1 aliphatic heterocycles. The number of anilines is 1. The van der Waals surface area contributed by atoms with Crippen LogP contribution in [-0.4, -0.2) is 45.8 Å². The lowest BCUT2D eigenvalue weighted by Gasteiger charge is -2.31. The molecule has 2 rings (SSSR count). The van der Waals surface area contributed by atoms with E-state index in [1.54, 1.807) is 14.2 Å². The normalized spacial score (nSPS) is 18.5. The molecule has 1 N–H and O–H groups in total. The highest BCUT2D eigenvalue weighted by Gasteiger charge is 2.21. The van der Waals surface area contributed by atoms with Crippen molar-refractivity contribution in [3.63, 3.8) is 0 Å². The largest absolute Gasteiger partial charge is 0.493 e. The Labute approximate surface area is 103 Å². The number of hydrogen-bond donors (Lipinski definition) is 1. The number of benzene rings is 1. The number of likely N-dealkylation sites (N-methyl/N-ethyl adjacent to an activating group) is 1. The fraction of sp³-hybridized carbons (Fsp3) is 0.538. The van der Waals surface area contributed by atoms with Crippen molar-refractivity contribution >= 4 is 5.69 Å². The minimum absolute atomic E-state index is 0.528. The predicted octanol–water partition coefficient (Wildman–Crippen LogP) is 1.60. The van der Waals surface area contributed by atoms with Gasteiger partial charge < -0.3 is 19.7 Å². The summed E-state index contributed by atoms with van der Waals surface area (Å²) in [6.45, 7) is 0.968. The van der Waals surface area contributed by atoms with E-state index in [1.165, 1.54) is 5.56 Å². The number of methoxy groups -OCH3 is 2. The summed E-state index contributed by atoms with van der Waals surface area (Å²) in [5, 5.41) is 3.44. The lowest BCUT2D eigenvalue weighted by Crippen LogP contribution is -2.39. The number of hydrogen-bond acceptors (Lipinski definition) is 4. The Balaban J connectivity index is 2.32. The zero-order chi connectivity index (χ0) is 12.4. The molecule has 0 spiro atoms. The molecule has 0 saturated carbocycles. The van der Waals surface area contributed by atoms with Crippen molar-refractivity contribution in [1.82, 2.24) is 4.90 Å². The summed E-state index contributed by atoms with van der Waals surface area (Å²) in [6, 6.07) is 4.61. The molecule has 17 heavy (non-hydrogen) atoms. The molecule has 4 nitrogen and oxygen atoms in total. The highest BCUT2D eigenvalue weighted by Crippen LogP contribution is 2.35. The van der Waals surface area contributed by atoms with E-state index >= 15 is 0 Å². The second kappa shape index (κ2) is 4.84. The van der Waals surface area contributed by atoms with Gasteiger partial charge in [0.15, 0.2) is 11.5 Å². The van der Waals surface area contributed by atoms with Crippen molar-refractivity contribution < 1.29 is 9.47 Å². The molecular formula is C13H20N2O2. The standard InChI is InChI=1S/C13H20N2O2/c1-15(2)10-5-9-6-12(16-3)13(17-4)7-11(9)14-8-10/h6-7,10,14H,5,8H2,1-4H3/t10-/m1/s1. The third-order valence-corrected chi connectivity index (χ3v) is 3.32. The van der Waals surface area contributed by atoms with Gasteiger partial charge in [0.25, 0.3) is 0 Å². The maximum Gasteiger partial charge on any atom is 0.162 e. The van der Waals surface area contributed by atoms with Gasteiger partial charge in [-0.15, -0.1) is 0 Å². The third kappa shape index (κ3) is 2.31. The molecule has 1 aliphatic rings. The predicted molar refractivity (Wildman–Crippen MR) is 69.2 cm³/mol. The molecule has 0 amide bonds. The summed E-state index contributed by atoms with van der Waals surface area (Å²) in [7, 11) is 7.55. The minimum atomic E-state index is 0.528. The number of nitrogens with zero attached hydrogens (tertiary/aromatic N) is 1. The molecule has 1 aromatic carbocycles. The summed E-state index contributed by atoms with van der Waals surface area (Å²) in [6.07, 6.45) is 1.04. The average Bonchev–Trinajstić information content (AvgIpc) is 2.36. The second-order valence-corrected chi connectivity index (χ2v) is 4.57. The van der Waals surface area contributed by atoms with Crippen molar-refractivity contribution in [3.8, 4) is 11.5 Å². The van der Waals surface area contributed by atoms with Crippen LogP contribution in [0.2, 0.25) is 0 Å². The van der Waals surface area contributed by atoms with E-state index in [2.05, 4.69) is 30.4 Å². The van der Waals surface area contributed by atoms with Gasteiger partial charge in [-0.2, -0.15) is 0 Å². The minimum Gasteiger partial charge on any atom is -0.493 e. The van der Waals surface area contributed by atoms with Crippen LogP contribution in [0.4, 0.5) is 5.69 Å². The summed E-state index contributed by atoms with van der Waals surface area (Å²) in [4.78, 5) is 2.24. The van der Waals surface area contributed by atoms with Crippen LogP contribution in [0, 0.1) is 0 Å². The quantitative estimate of drug-likeness (QED) is 0.864. The average molecular weight is 236 g/mol. The molecular weight excluding hydrogens is 216 g/mol. The maximum absolute atomic E-state index is 5.33. The Morgan fingerprint density at radius 2 is 1.82 bits per heavy atom. The van der Waals surface area contributed by atoms with Crippen LogP contribution in [0.3, 0.4) is 0 Å². The first kappa shape index (κ1) is 12.0. The van der Waals surface area contributed by atoms with Gasteiger partial charge in [-0.3, -0.25) is 0 Å². The van der Waals surface area contributed by atoms with Gasteiger partial charge in [0.05, 0.1) is 14.2 Å². The summed E-state index contributed by atoms with van der Waals surface area (Å²) in [5.74, 6) is 1.58. The Morgan fingerprint density at radius 3 is 2.41 bits per heavy atom. The van der Waals surface area contributed by atoms with Crippen LogP contribution in [0.5, 0.6) is 11.5 Å². The lowest BCUT2D eigenvalue weighted by atomic mass is 9.98. The Hall–Kier alpha value is -1.42. The zero-order valence-corrected chi connectivity index (χ0v) is 10.9. The van der Waals surface area contributed by atoms with E-state index in [-0.39, 0.29) is 0 Å². The van der Waals surface area contributed by atoms with Crippen LogP contribution in [-0.2, 0) is 6.42 Å². The van der Waals surface area contributed by atoms with Crippen molar-refractivity contribution in [2.45, 2.75) is 12.5 Å². The van der Waals surface area contributed by atoms with E-state index in [0.29, 0.717) is 6.04 Å². The fourth-order valence-corrected chi connectivity index (χ4v) is 2.17. The molecule has 0 bridgehead atoms. The summed E-state index contributed by atoms with van der Waals surface area (Å²) >= 11 is 0. The first-order chi connectivity index (χ1) is 8.15. The van der Waals surface area contributed by atoms with E-state index in [0.717, 1.165) is 30.2 Å². The first-order valence-electron chi connectivity index (χ1n) is 5.81. The first-order valence-corrected chi connectivity index (χ1v) is 5.81. The molecule has 0 saturated heterocycles. The van der Waals surface area contributed by atoms with Gasteiger partial charge >= 0.3 is 0 Å². The van der Waals surface area contributed by atoms with Gasteiger partial charge in [0.2, 0.25) is 0 Å². The van der Waals surface area contributed by atoms with Gasteiger partial charge in [0, 0.05) is 24.3 Å². The number of fused-ring (bicyclic) bond motifs is 1. The van der Waals surface area contributed by atoms with Crippen LogP contribution in [0.1, 0.15) is 5.56 Å². The van der Waals surface area contributed by atoms with Crippen molar-refractivity contribution in [2.75, 3.05) is 40.2 Å². The van der Waals surface area contributed by atoms with Gasteiger partial charge in [-0.1, -0.05) is 0 Å². The molecule has 0 aromatic heterocycles. The van der Waals surface area contributed by atoms with Crippen molar-refractivity contribution in [1.29, 1.82) is 0 Å². The fourth-order valence-electron chi connectivity index (χ4n) is 2.17. The van der Waals surface area contributed by atoms with Gasteiger partial charge in [-0.05, 0) is 32.1 Å². The van der Waals surface area contributed by atoms with E-state index in [1.807, 2.05) is 6.07 Å². The van der Waals surface area contributed by atoms with Crippen LogP contribution >= 0.6 is 0 Å². The molecule has 0 fully saturated rings. The second-order valence-electron chi connectivity index (χ2n) is 4.57. The number of ether oxygens (including phenoxy) is 2. The van der Waals surface area contributed by atoms with Crippen molar-refractivity contribution in [2.24, 2.45) is 0 Å². The molecule has 94 valence electrons. The van der Waals surface area contributed by atoms with E-state index in [4.69, 9.17) is 9.47 Å². The lowest BCUT2D eigenvalue weighted by molar-refractivity contribution is 0.298. The van der Waals surface area contributed by atoms with Crippen LogP contribution < -0.4 is 14.8 Å². The summed E-state index contributed by atoms with van der Waals surface area (Å²) in [5.41, 5.74) is 2.44. The molecule has 0 unspecified atom stereocenters. The van der Waals surface area contributed by atoms with E-state index in [9.17, 15) is 0 Å². The monoisotopic (exact) mass is 236 g/mol. The topological polar surface area (TPSA) is 33.7 Å². The smallest absolute Gasteiger partial charge is 0.162 e. The molecule has 1 heterocycles. The van der Waals surface area contributed by atoms with Gasteiger partial charge in [0.1, 0.15) is 0 Å².